The van der Waals surface area contributed by atoms with Crippen LogP contribution in [0.15, 0.2) is 21.3 Å². The van der Waals surface area contributed by atoms with Gasteiger partial charge < -0.3 is 39.4 Å². The number of rotatable bonds is 3. The van der Waals surface area contributed by atoms with Gasteiger partial charge in [-0.3, -0.25) is 4.79 Å². The fourth-order valence-electron chi connectivity index (χ4n) is 3.21. The summed E-state index contributed by atoms with van der Waals surface area (Å²) in [5, 5.41) is 49.8. The number of ether oxygens (including phenoxy) is 2. The second-order valence-corrected chi connectivity index (χ2v) is 6.19. The molecule has 9 heteroatoms. The van der Waals surface area contributed by atoms with E-state index in [-0.39, 0.29) is 33.8 Å². The second-order valence-electron chi connectivity index (χ2n) is 6.19. The van der Waals surface area contributed by atoms with Gasteiger partial charge in [-0.05, 0) is 6.92 Å². The third-order valence-electron chi connectivity index (χ3n) is 4.50. The van der Waals surface area contributed by atoms with Crippen molar-refractivity contribution in [2.24, 2.45) is 0 Å². The van der Waals surface area contributed by atoms with E-state index in [9.17, 15) is 30.3 Å². The molecule has 3 rings (SSSR count). The molecule has 1 saturated heterocycles. The summed E-state index contributed by atoms with van der Waals surface area (Å²) in [6.07, 6.45) is -7.18. The lowest BCUT2D eigenvalue weighted by atomic mass is 9.89. The van der Waals surface area contributed by atoms with Crippen LogP contribution in [0.3, 0.4) is 0 Å². The Balaban J connectivity index is 2.29. The molecule has 1 unspecified atom stereocenters. The minimum Gasteiger partial charge on any atom is -0.507 e. The summed E-state index contributed by atoms with van der Waals surface area (Å²) in [4.78, 5) is 12.3. The van der Waals surface area contributed by atoms with E-state index in [2.05, 4.69) is 0 Å². The monoisotopic (exact) mass is 368 g/mol. The average molecular weight is 368 g/mol. The first-order valence-corrected chi connectivity index (χ1v) is 7.95. The van der Waals surface area contributed by atoms with Crippen LogP contribution in [0.1, 0.15) is 17.4 Å². The van der Waals surface area contributed by atoms with Crippen LogP contribution in [0.2, 0.25) is 0 Å². The summed E-state index contributed by atoms with van der Waals surface area (Å²) in [5.41, 5.74) is -0.496. The van der Waals surface area contributed by atoms with E-state index in [0.29, 0.717) is 0 Å². The maximum absolute atomic E-state index is 12.3. The van der Waals surface area contributed by atoms with E-state index >= 15 is 0 Å². The Bertz CT molecular complexity index is 873. The van der Waals surface area contributed by atoms with Gasteiger partial charge in [-0.25, -0.2) is 0 Å². The number of aromatic hydroxyl groups is 1. The second kappa shape index (κ2) is 6.86. The molecule has 0 amide bonds. The van der Waals surface area contributed by atoms with Crippen molar-refractivity contribution in [2.75, 3.05) is 13.7 Å². The van der Waals surface area contributed by atoms with Crippen LogP contribution in [0.25, 0.3) is 11.0 Å². The van der Waals surface area contributed by atoms with Crippen molar-refractivity contribution < 1.29 is 39.4 Å². The molecular weight excluding hydrogens is 348 g/mol. The highest BCUT2D eigenvalue weighted by Gasteiger charge is 2.46. The first-order valence-electron chi connectivity index (χ1n) is 7.95. The summed E-state index contributed by atoms with van der Waals surface area (Å²) in [6.45, 7) is 0.928. The molecule has 0 aliphatic carbocycles. The van der Waals surface area contributed by atoms with Crippen molar-refractivity contribution >= 4 is 11.0 Å². The van der Waals surface area contributed by atoms with Crippen LogP contribution >= 0.6 is 0 Å². The zero-order valence-electron chi connectivity index (χ0n) is 14.1. The van der Waals surface area contributed by atoms with Gasteiger partial charge in [0.15, 0.2) is 11.0 Å². The molecule has 1 aromatic carbocycles. The molecule has 0 saturated carbocycles. The molecule has 142 valence electrons. The van der Waals surface area contributed by atoms with Gasteiger partial charge in [0.25, 0.3) is 0 Å². The molecule has 2 aromatic rings. The number of benzene rings is 1. The van der Waals surface area contributed by atoms with Crippen molar-refractivity contribution in [1.82, 2.24) is 0 Å². The lowest BCUT2D eigenvalue weighted by Gasteiger charge is -2.40. The highest BCUT2D eigenvalue weighted by molar-refractivity contribution is 5.88. The summed E-state index contributed by atoms with van der Waals surface area (Å²) < 4.78 is 16.4. The van der Waals surface area contributed by atoms with E-state index in [1.165, 1.54) is 26.2 Å². The van der Waals surface area contributed by atoms with Crippen LogP contribution in [0.5, 0.6) is 11.5 Å². The highest BCUT2D eigenvalue weighted by atomic mass is 16.5. The number of aryl methyl sites for hydroxylation is 1. The Kier molecular flexibility index (Phi) is 4.91. The maximum Gasteiger partial charge on any atom is 0.196 e. The number of aliphatic hydroxyl groups is 4. The molecule has 0 radical (unpaired) electrons. The van der Waals surface area contributed by atoms with Crippen LogP contribution in [0, 0.1) is 6.92 Å². The Morgan fingerprint density at radius 2 is 1.85 bits per heavy atom. The average Bonchev–Trinajstić information content (AvgIpc) is 2.59. The Hall–Kier alpha value is -2.17. The molecule has 26 heavy (non-hydrogen) atoms. The molecule has 1 aromatic heterocycles. The number of phenolic OH excluding ortho intramolecular Hbond substituents is 1. The number of hydrogen-bond donors (Lipinski definition) is 5. The minimum atomic E-state index is -1.61. The molecule has 0 bridgehead atoms. The molecule has 9 nitrogen and oxygen atoms in total. The third kappa shape index (κ3) is 2.83. The summed E-state index contributed by atoms with van der Waals surface area (Å²) in [5.74, 6) is -0.0759. The van der Waals surface area contributed by atoms with Crippen LogP contribution < -0.4 is 10.2 Å². The quantitative estimate of drug-likeness (QED) is 0.475. The largest absolute Gasteiger partial charge is 0.507 e. The van der Waals surface area contributed by atoms with Gasteiger partial charge in [0.2, 0.25) is 0 Å². The number of phenols is 1. The van der Waals surface area contributed by atoms with Gasteiger partial charge in [0.1, 0.15) is 53.2 Å². The summed E-state index contributed by atoms with van der Waals surface area (Å²) in [7, 11) is 1.31. The molecule has 5 atom stereocenters. The number of hydrogen-bond acceptors (Lipinski definition) is 9. The van der Waals surface area contributed by atoms with Gasteiger partial charge in [-0.15, -0.1) is 0 Å². The van der Waals surface area contributed by atoms with E-state index in [1.54, 1.807) is 0 Å². The van der Waals surface area contributed by atoms with Gasteiger partial charge in [-0.1, -0.05) is 0 Å². The standard InChI is InChI=1S/C17H20O9/c1-6-3-7(19)11-8(20)4-9(24-2)12(16(11)25-6)17-15(23)14(22)13(21)10(5-18)26-17/h3-4,10,13-15,17-18,20-23H,5H2,1-2H3/t10-,13-,14-,15-,17?/m1/s1. The first kappa shape index (κ1) is 18.6. The van der Waals surface area contributed by atoms with Crippen molar-refractivity contribution in [3.05, 3.63) is 33.7 Å². The molecule has 5 N–H and O–H groups in total. The SMILES string of the molecule is COc1cc(O)c2c(=O)cc(C)oc2c1C1O[C@H](CO)[C@@H](O)[C@@H](O)[C@H]1O. The molecule has 1 fully saturated rings. The van der Waals surface area contributed by atoms with Gasteiger partial charge in [0.05, 0.1) is 19.3 Å². The van der Waals surface area contributed by atoms with Crippen molar-refractivity contribution in [3.63, 3.8) is 0 Å². The molecule has 2 heterocycles. The Labute approximate surface area is 147 Å². The zero-order chi connectivity index (χ0) is 19.2. The number of fused-ring (bicyclic) bond motifs is 1. The normalized spacial score (nSPS) is 29.1. The lowest BCUT2D eigenvalue weighted by Crippen LogP contribution is -2.55. The van der Waals surface area contributed by atoms with E-state index in [1.807, 2.05) is 0 Å². The predicted molar refractivity (Wildman–Crippen MR) is 88.2 cm³/mol. The highest BCUT2D eigenvalue weighted by Crippen LogP contribution is 2.43. The minimum absolute atomic E-state index is 0.0491. The van der Waals surface area contributed by atoms with E-state index < -0.39 is 42.6 Å². The Morgan fingerprint density at radius 3 is 2.46 bits per heavy atom. The van der Waals surface area contributed by atoms with Crippen molar-refractivity contribution in [3.8, 4) is 11.5 Å². The fourth-order valence-corrected chi connectivity index (χ4v) is 3.21. The smallest absolute Gasteiger partial charge is 0.196 e. The zero-order valence-corrected chi connectivity index (χ0v) is 14.1. The number of aliphatic hydroxyl groups excluding tert-OH is 4. The fraction of sp³-hybridized carbons (Fsp3) is 0.471. The van der Waals surface area contributed by atoms with Crippen LogP contribution in [0.4, 0.5) is 0 Å². The van der Waals surface area contributed by atoms with Gasteiger partial charge in [-0.2, -0.15) is 0 Å². The Morgan fingerprint density at radius 1 is 1.15 bits per heavy atom. The maximum atomic E-state index is 12.3. The summed E-state index contributed by atoms with van der Waals surface area (Å²) >= 11 is 0. The number of methoxy groups -OCH3 is 1. The first-order chi connectivity index (χ1) is 12.3. The van der Waals surface area contributed by atoms with Gasteiger partial charge in [0, 0.05) is 12.1 Å². The molecule has 1 aliphatic rings. The third-order valence-corrected chi connectivity index (χ3v) is 4.50. The molecule has 1 aliphatic heterocycles. The lowest BCUT2D eigenvalue weighted by molar-refractivity contribution is -0.231. The molecule has 0 spiro atoms. The predicted octanol–water partition coefficient (Wildman–Crippen LogP) is -0.669. The van der Waals surface area contributed by atoms with Crippen molar-refractivity contribution in [2.45, 2.75) is 37.4 Å². The van der Waals surface area contributed by atoms with E-state index in [4.69, 9.17) is 13.9 Å². The van der Waals surface area contributed by atoms with Crippen LogP contribution in [-0.4, -0.2) is 63.7 Å². The summed E-state index contributed by atoms with van der Waals surface area (Å²) in [6, 6.07) is 2.37. The topological polar surface area (TPSA) is 150 Å². The van der Waals surface area contributed by atoms with Gasteiger partial charge >= 0.3 is 0 Å². The van der Waals surface area contributed by atoms with Crippen LogP contribution in [-0.2, 0) is 4.74 Å². The van der Waals surface area contributed by atoms with Crippen molar-refractivity contribution in [1.29, 1.82) is 0 Å². The molecular formula is C17H20O9. The van der Waals surface area contributed by atoms with E-state index in [0.717, 1.165) is 0 Å².